The smallest absolute Gasteiger partial charge is 0.261 e. The number of nitrogens with one attached hydrogen (secondary N) is 2. The van der Waals surface area contributed by atoms with E-state index in [0.717, 1.165) is 18.4 Å². The van der Waals surface area contributed by atoms with Gasteiger partial charge in [0.1, 0.15) is 0 Å². The number of hydrogen-bond donors (Lipinski definition) is 2. The van der Waals surface area contributed by atoms with Gasteiger partial charge in [0.05, 0.1) is 17.7 Å². The first-order valence-corrected chi connectivity index (χ1v) is 9.60. The lowest BCUT2D eigenvalue weighted by atomic mass is 10.1. The van der Waals surface area contributed by atoms with Crippen LogP contribution in [-0.4, -0.2) is 41.6 Å². The molecule has 2 aromatic carbocycles. The van der Waals surface area contributed by atoms with Crippen molar-refractivity contribution in [2.45, 2.75) is 26.3 Å². The van der Waals surface area contributed by atoms with Crippen LogP contribution in [0.25, 0.3) is 0 Å². The first kappa shape index (κ1) is 20.3. The molecule has 0 saturated heterocycles. The SMILES string of the molecule is CCCCN1C(=O)c2ccc(C(=O)NCC(=O)NCc3ccccc3)cc2C1=O. The van der Waals surface area contributed by atoms with Gasteiger partial charge in [-0.15, -0.1) is 0 Å². The summed E-state index contributed by atoms with van der Waals surface area (Å²) < 4.78 is 0. The molecule has 1 aliphatic heterocycles. The summed E-state index contributed by atoms with van der Waals surface area (Å²) in [5.41, 5.74) is 1.73. The number of carbonyl (C=O) groups is 4. The Bertz CT molecular complexity index is 940. The normalized spacial score (nSPS) is 12.7. The molecule has 1 aliphatic rings. The molecule has 4 amide bonds. The molecule has 2 N–H and O–H groups in total. The van der Waals surface area contributed by atoms with Gasteiger partial charge in [0, 0.05) is 18.7 Å². The molecule has 0 aromatic heterocycles. The zero-order valence-corrected chi connectivity index (χ0v) is 16.2. The molecule has 7 heteroatoms. The molecule has 150 valence electrons. The zero-order chi connectivity index (χ0) is 20.8. The molecule has 0 bridgehead atoms. The second-order valence-corrected chi connectivity index (χ2v) is 6.82. The van der Waals surface area contributed by atoms with E-state index >= 15 is 0 Å². The highest BCUT2D eigenvalue weighted by Gasteiger charge is 2.35. The van der Waals surface area contributed by atoms with E-state index in [1.807, 2.05) is 37.3 Å². The summed E-state index contributed by atoms with van der Waals surface area (Å²) >= 11 is 0. The number of amides is 4. The minimum atomic E-state index is -0.477. The number of fused-ring (bicyclic) bond motifs is 1. The van der Waals surface area contributed by atoms with E-state index in [-0.39, 0.29) is 35.4 Å². The molecular formula is C22H23N3O4. The Kier molecular flexibility index (Phi) is 6.39. The second-order valence-electron chi connectivity index (χ2n) is 6.82. The van der Waals surface area contributed by atoms with Crippen molar-refractivity contribution in [1.29, 1.82) is 0 Å². The minimum absolute atomic E-state index is 0.182. The van der Waals surface area contributed by atoms with E-state index < -0.39 is 5.91 Å². The number of imide groups is 1. The highest BCUT2D eigenvalue weighted by molar-refractivity contribution is 6.22. The van der Waals surface area contributed by atoms with E-state index in [4.69, 9.17) is 0 Å². The Morgan fingerprint density at radius 2 is 1.66 bits per heavy atom. The molecule has 0 unspecified atom stereocenters. The average molecular weight is 393 g/mol. The first-order valence-electron chi connectivity index (χ1n) is 9.60. The van der Waals surface area contributed by atoms with E-state index in [0.29, 0.717) is 18.7 Å². The number of carbonyl (C=O) groups excluding carboxylic acids is 4. The molecule has 0 fully saturated rings. The Labute approximate surface area is 169 Å². The van der Waals surface area contributed by atoms with Gasteiger partial charge in [-0.1, -0.05) is 43.7 Å². The van der Waals surface area contributed by atoms with Crippen molar-refractivity contribution in [3.05, 3.63) is 70.8 Å². The van der Waals surface area contributed by atoms with E-state index in [9.17, 15) is 19.2 Å². The average Bonchev–Trinajstić information content (AvgIpc) is 2.99. The van der Waals surface area contributed by atoms with Crippen molar-refractivity contribution in [2.24, 2.45) is 0 Å². The van der Waals surface area contributed by atoms with Gasteiger partial charge in [-0.2, -0.15) is 0 Å². The predicted octanol–water partition coefficient (Wildman–Crippen LogP) is 2.13. The molecule has 3 rings (SSSR count). The van der Waals surface area contributed by atoms with Gasteiger partial charge in [0.2, 0.25) is 5.91 Å². The van der Waals surface area contributed by atoms with Gasteiger partial charge >= 0.3 is 0 Å². The Morgan fingerprint density at radius 3 is 2.38 bits per heavy atom. The van der Waals surface area contributed by atoms with Gasteiger partial charge in [0.15, 0.2) is 0 Å². The van der Waals surface area contributed by atoms with Crippen molar-refractivity contribution < 1.29 is 19.2 Å². The van der Waals surface area contributed by atoms with Crippen LogP contribution in [0.1, 0.15) is 56.4 Å². The number of hydrogen-bond acceptors (Lipinski definition) is 4. The quantitative estimate of drug-likeness (QED) is 0.672. The molecule has 1 heterocycles. The third-order valence-electron chi connectivity index (χ3n) is 4.71. The number of unbranched alkanes of at least 4 members (excludes halogenated alkanes) is 1. The van der Waals surface area contributed by atoms with Crippen LogP contribution in [-0.2, 0) is 11.3 Å². The molecule has 29 heavy (non-hydrogen) atoms. The number of rotatable bonds is 8. The maximum absolute atomic E-state index is 12.5. The standard InChI is InChI=1S/C22H23N3O4/c1-2-3-11-25-21(28)17-10-9-16(12-18(17)22(25)29)20(27)24-14-19(26)23-13-15-7-5-4-6-8-15/h4-10,12H,2-3,11,13-14H2,1H3,(H,23,26)(H,24,27). The maximum atomic E-state index is 12.5. The van der Waals surface area contributed by atoms with Crippen molar-refractivity contribution in [3.63, 3.8) is 0 Å². The van der Waals surface area contributed by atoms with Crippen LogP contribution in [0, 0.1) is 0 Å². The second kappa shape index (κ2) is 9.14. The van der Waals surface area contributed by atoms with Crippen LogP contribution < -0.4 is 10.6 Å². The molecular weight excluding hydrogens is 370 g/mol. The van der Waals surface area contributed by atoms with Gasteiger partial charge < -0.3 is 10.6 Å². The van der Waals surface area contributed by atoms with Crippen LogP contribution in [0.15, 0.2) is 48.5 Å². The molecule has 0 saturated carbocycles. The van der Waals surface area contributed by atoms with Crippen LogP contribution >= 0.6 is 0 Å². The lowest BCUT2D eigenvalue weighted by molar-refractivity contribution is -0.120. The minimum Gasteiger partial charge on any atom is -0.350 e. The summed E-state index contributed by atoms with van der Waals surface area (Å²) in [6.45, 7) is 2.54. The van der Waals surface area contributed by atoms with E-state index in [2.05, 4.69) is 10.6 Å². The lowest BCUT2D eigenvalue weighted by Gasteiger charge is -2.12. The summed E-state index contributed by atoms with van der Waals surface area (Å²) in [6.07, 6.45) is 1.60. The number of benzene rings is 2. The predicted molar refractivity (Wildman–Crippen MR) is 107 cm³/mol. The largest absolute Gasteiger partial charge is 0.350 e. The fraction of sp³-hybridized carbons (Fsp3) is 0.273. The third-order valence-corrected chi connectivity index (χ3v) is 4.71. The summed E-state index contributed by atoms with van der Waals surface area (Å²) in [6, 6.07) is 13.8. The Balaban J connectivity index is 1.57. The maximum Gasteiger partial charge on any atom is 0.261 e. The summed E-state index contributed by atoms with van der Waals surface area (Å²) in [4.78, 5) is 50.4. The molecule has 0 aliphatic carbocycles. The topological polar surface area (TPSA) is 95.6 Å². The molecule has 7 nitrogen and oxygen atoms in total. The Hall–Kier alpha value is -3.48. The van der Waals surface area contributed by atoms with Crippen molar-refractivity contribution >= 4 is 23.6 Å². The lowest BCUT2D eigenvalue weighted by Crippen LogP contribution is -2.36. The molecule has 0 radical (unpaired) electrons. The van der Waals surface area contributed by atoms with E-state index in [1.165, 1.54) is 23.1 Å². The van der Waals surface area contributed by atoms with Crippen LogP contribution in [0.5, 0.6) is 0 Å². The molecule has 0 spiro atoms. The highest BCUT2D eigenvalue weighted by atomic mass is 16.2. The van der Waals surface area contributed by atoms with Crippen molar-refractivity contribution in [1.82, 2.24) is 15.5 Å². The van der Waals surface area contributed by atoms with E-state index in [1.54, 1.807) is 0 Å². The monoisotopic (exact) mass is 393 g/mol. The summed E-state index contributed by atoms with van der Waals surface area (Å²) in [5.74, 6) is -1.50. The van der Waals surface area contributed by atoms with Crippen LogP contribution in [0.2, 0.25) is 0 Å². The summed E-state index contributed by atoms with van der Waals surface area (Å²) in [7, 11) is 0. The number of nitrogens with zero attached hydrogens (tertiary/aromatic N) is 1. The first-order chi connectivity index (χ1) is 14.0. The van der Waals surface area contributed by atoms with Gasteiger partial charge in [-0.25, -0.2) is 0 Å². The fourth-order valence-electron chi connectivity index (χ4n) is 3.07. The molecule has 0 atom stereocenters. The van der Waals surface area contributed by atoms with Crippen LogP contribution in [0.3, 0.4) is 0 Å². The molecule has 2 aromatic rings. The third kappa shape index (κ3) is 4.68. The van der Waals surface area contributed by atoms with Crippen molar-refractivity contribution in [3.8, 4) is 0 Å². The summed E-state index contributed by atoms with van der Waals surface area (Å²) in [5, 5.41) is 5.26. The Morgan fingerprint density at radius 1 is 0.931 bits per heavy atom. The van der Waals surface area contributed by atoms with Crippen molar-refractivity contribution in [2.75, 3.05) is 13.1 Å². The fourth-order valence-corrected chi connectivity index (χ4v) is 3.07. The highest BCUT2D eigenvalue weighted by Crippen LogP contribution is 2.24. The van der Waals surface area contributed by atoms with Crippen LogP contribution in [0.4, 0.5) is 0 Å². The van der Waals surface area contributed by atoms with Gasteiger partial charge in [0.25, 0.3) is 17.7 Å². The zero-order valence-electron chi connectivity index (χ0n) is 16.2. The van der Waals surface area contributed by atoms with Gasteiger partial charge in [-0.3, -0.25) is 24.1 Å². The van der Waals surface area contributed by atoms with Gasteiger partial charge in [-0.05, 0) is 30.2 Å².